The molecule has 0 aromatic heterocycles. The molecule has 2 aromatic rings. The Hall–Kier alpha value is -3.58. The SMILES string of the molecule is O=C1CCC(N2Cc3cc(CNC(=O)C(F)(F)c4ccc(F)cc4)ccc3C2=O)C(=O)N1COP(=O)(OC1CC1)OC1CC1.[HH]. The Balaban J connectivity index is 0.00000400. The second kappa shape index (κ2) is 11.7. The number of imide groups is 1. The Morgan fingerprint density at radius 3 is 2.30 bits per heavy atom. The molecule has 4 amide bonds. The highest BCUT2D eigenvalue weighted by atomic mass is 31.2. The minimum absolute atomic E-state index is 0. The summed E-state index contributed by atoms with van der Waals surface area (Å²) in [6, 6.07) is 6.90. The quantitative estimate of drug-likeness (QED) is 0.268. The number of likely N-dealkylation sites (tertiary alicyclic amines) is 1. The Bertz CT molecular complexity index is 1540. The molecule has 0 radical (unpaired) electrons. The topological polar surface area (TPSA) is 132 Å². The van der Waals surface area contributed by atoms with E-state index in [1.807, 2.05) is 0 Å². The second-order valence-corrected chi connectivity index (χ2v) is 12.8. The van der Waals surface area contributed by atoms with Crippen molar-refractivity contribution in [1.82, 2.24) is 15.1 Å². The van der Waals surface area contributed by atoms with Crippen molar-refractivity contribution in [2.24, 2.45) is 0 Å². The molecule has 2 aliphatic carbocycles. The van der Waals surface area contributed by atoms with E-state index < -0.39 is 61.5 Å². The first-order chi connectivity index (χ1) is 20.9. The molecule has 6 rings (SSSR count). The highest BCUT2D eigenvalue weighted by Crippen LogP contribution is 2.57. The van der Waals surface area contributed by atoms with Crippen molar-refractivity contribution in [2.75, 3.05) is 6.73 Å². The van der Waals surface area contributed by atoms with Crippen LogP contribution in [-0.2, 0) is 51.5 Å². The Labute approximate surface area is 251 Å². The van der Waals surface area contributed by atoms with E-state index in [0.717, 1.165) is 29.2 Å². The van der Waals surface area contributed by atoms with E-state index in [1.165, 1.54) is 17.0 Å². The number of phosphoric acid groups is 1. The summed E-state index contributed by atoms with van der Waals surface area (Å²) in [4.78, 5) is 53.7. The molecule has 11 nitrogen and oxygen atoms in total. The molecule has 44 heavy (non-hydrogen) atoms. The molecule has 2 aromatic carbocycles. The largest absolute Gasteiger partial charge is 0.477 e. The van der Waals surface area contributed by atoms with Gasteiger partial charge in [-0.05, 0) is 73.6 Å². The molecule has 236 valence electrons. The fourth-order valence-corrected chi connectivity index (χ4v) is 6.59. The average Bonchev–Trinajstić information content (AvgIpc) is 3.93. The van der Waals surface area contributed by atoms with Gasteiger partial charge in [-0.3, -0.25) is 37.6 Å². The number of hydrogen-bond acceptors (Lipinski definition) is 8. The van der Waals surface area contributed by atoms with Crippen molar-refractivity contribution in [3.63, 3.8) is 0 Å². The van der Waals surface area contributed by atoms with Crippen LogP contribution in [0.4, 0.5) is 13.2 Å². The summed E-state index contributed by atoms with van der Waals surface area (Å²) in [5.41, 5.74) is 0.586. The zero-order valence-corrected chi connectivity index (χ0v) is 24.3. The zero-order valence-electron chi connectivity index (χ0n) is 23.4. The normalized spacial score (nSPS) is 20.7. The molecular weight excluding hydrogens is 606 g/mol. The number of fused-ring (bicyclic) bond motifs is 1. The molecule has 2 heterocycles. The molecule has 3 fully saturated rings. The van der Waals surface area contributed by atoms with Gasteiger partial charge in [0.05, 0.1) is 12.2 Å². The number of carbonyl (C=O) groups excluding carboxylic acids is 4. The third-order valence-electron chi connectivity index (χ3n) is 7.76. The molecule has 1 saturated heterocycles. The Morgan fingerprint density at radius 2 is 1.66 bits per heavy atom. The molecule has 4 aliphatic rings. The van der Waals surface area contributed by atoms with Crippen LogP contribution in [0.1, 0.15) is 67.0 Å². The summed E-state index contributed by atoms with van der Waals surface area (Å²) in [6.07, 6.45) is 2.33. The predicted molar refractivity (Wildman–Crippen MR) is 147 cm³/mol. The van der Waals surface area contributed by atoms with Crippen molar-refractivity contribution < 1.29 is 51.9 Å². The van der Waals surface area contributed by atoms with Crippen molar-refractivity contribution in [1.29, 1.82) is 0 Å². The van der Waals surface area contributed by atoms with Crippen molar-refractivity contribution in [3.05, 3.63) is 70.5 Å². The molecule has 2 aliphatic heterocycles. The van der Waals surface area contributed by atoms with E-state index in [2.05, 4.69) is 5.32 Å². The smallest absolute Gasteiger partial charge is 0.346 e. The lowest BCUT2D eigenvalue weighted by Crippen LogP contribution is -2.55. The summed E-state index contributed by atoms with van der Waals surface area (Å²) in [7, 11) is -4.00. The van der Waals surface area contributed by atoms with Gasteiger partial charge >= 0.3 is 13.7 Å². The fraction of sp³-hybridized carbons (Fsp3) is 0.448. The van der Waals surface area contributed by atoms with Gasteiger partial charge in [0.2, 0.25) is 5.91 Å². The standard InChI is InChI=1S/C29H29F3N3O8P.H2/c30-20-4-2-19(3-5-20)29(31,32)28(39)33-14-17-1-10-23-18(13-17)15-34(26(23)37)24-11-12-25(36)35(27(24)38)16-41-44(40,42-21-6-7-21)43-22-8-9-22;/h1-5,10,13,21-22,24H,6-9,11-12,14-16H2,(H,33,39);1H. The molecule has 2 saturated carbocycles. The average molecular weight is 638 g/mol. The van der Waals surface area contributed by atoms with Crippen LogP contribution in [0.2, 0.25) is 0 Å². The van der Waals surface area contributed by atoms with Gasteiger partial charge in [0.25, 0.3) is 17.7 Å². The molecular formula is C29H31F3N3O8P. The van der Waals surface area contributed by atoms with Crippen LogP contribution in [-0.4, -0.2) is 58.4 Å². The summed E-state index contributed by atoms with van der Waals surface area (Å²) >= 11 is 0. The number of phosphoric ester groups is 1. The highest BCUT2D eigenvalue weighted by molar-refractivity contribution is 7.48. The third-order valence-corrected chi connectivity index (χ3v) is 9.30. The third kappa shape index (κ3) is 6.44. The van der Waals surface area contributed by atoms with Crippen LogP contribution >= 0.6 is 7.82 Å². The van der Waals surface area contributed by atoms with Gasteiger partial charge in [-0.2, -0.15) is 8.78 Å². The number of amides is 4. The van der Waals surface area contributed by atoms with Gasteiger partial charge in [-0.25, -0.2) is 8.96 Å². The second-order valence-electron chi connectivity index (χ2n) is 11.2. The Morgan fingerprint density at radius 1 is 1.00 bits per heavy atom. The summed E-state index contributed by atoms with van der Waals surface area (Å²) in [6.45, 7) is -0.910. The van der Waals surface area contributed by atoms with Gasteiger partial charge in [-0.15, -0.1) is 0 Å². The minimum Gasteiger partial charge on any atom is -0.346 e. The molecule has 0 bridgehead atoms. The van der Waals surface area contributed by atoms with Gasteiger partial charge in [0, 0.05) is 32.1 Å². The number of hydrogen-bond donors (Lipinski definition) is 1. The monoisotopic (exact) mass is 637 g/mol. The summed E-state index contributed by atoms with van der Waals surface area (Å²) < 4.78 is 71.7. The van der Waals surface area contributed by atoms with Crippen LogP contribution < -0.4 is 5.32 Å². The number of carbonyl (C=O) groups is 4. The van der Waals surface area contributed by atoms with Gasteiger partial charge in [0.1, 0.15) is 18.6 Å². The van der Waals surface area contributed by atoms with Crippen LogP contribution in [0, 0.1) is 5.82 Å². The van der Waals surface area contributed by atoms with Gasteiger partial charge in [-0.1, -0.05) is 12.1 Å². The molecule has 0 spiro atoms. The maximum Gasteiger partial charge on any atom is 0.477 e. The predicted octanol–water partition coefficient (Wildman–Crippen LogP) is 4.39. The number of nitrogens with zero attached hydrogens (tertiary/aromatic N) is 2. The number of alkyl halides is 2. The number of halogens is 3. The van der Waals surface area contributed by atoms with Crippen LogP contribution in [0.25, 0.3) is 0 Å². The molecule has 1 unspecified atom stereocenters. The maximum absolute atomic E-state index is 14.6. The van der Waals surface area contributed by atoms with Gasteiger partial charge < -0.3 is 10.2 Å². The number of piperidine rings is 1. The minimum atomic E-state index is -4.00. The first kappa shape index (κ1) is 30.4. The van der Waals surface area contributed by atoms with Crippen molar-refractivity contribution >= 4 is 31.5 Å². The van der Waals surface area contributed by atoms with E-state index >= 15 is 0 Å². The number of rotatable bonds is 12. The first-order valence-corrected chi connectivity index (χ1v) is 15.7. The Kier molecular flexibility index (Phi) is 8.12. The summed E-state index contributed by atoms with van der Waals surface area (Å²) in [5.74, 6) is -7.87. The van der Waals surface area contributed by atoms with E-state index in [9.17, 15) is 36.9 Å². The highest BCUT2D eigenvalue weighted by Gasteiger charge is 2.46. The van der Waals surface area contributed by atoms with Crippen molar-refractivity contribution in [3.8, 4) is 0 Å². The molecule has 15 heteroatoms. The van der Waals surface area contributed by atoms with Crippen LogP contribution in [0.15, 0.2) is 42.5 Å². The van der Waals surface area contributed by atoms with Crippen LogP contribution in [0.5, 0.6) is 0 Å². The number of benzene rings is 2. The fourth-order valence-electron chi connectivity index (χ4n) is 5.01. The van der Waals surface area contributed by atoms with E-state index in [-0.39, 0.29) is 39.6 Å². The van der Waals surface area contributed by atoms with E-state index in [0.29, 0.717) is 42.4 Å². The zero-order chi connectivity index (χ0) is 31.2. The van der Waals surface area contributed by atoms with Crippen LogP contribution in [0.3, 0.4) is 0 Å². The first-order valence-electron chi connectivity index (χ1n) is 14.2. The molecule has 1 N–H and O–H groups in total. The lowest BCUT2D eigenvalue weighted by Gasteiger charge is -2.35. The lowest BCUT2D eigenvalue weighted by atomic mass is 10.0. The lowest BCUT2D eigenvalue weighted by molar-refractivity contribution is -0.156. The van der Waals surface area contributed by atoms with E-state index in [4.69, 9.17) is 13.6 Å². The number of nitrogens with one attached hydrogen (secondary N) is 1. The summed E-state index contributed by atoms with van der Waals surface area (Å²) in [5, 5.41) is 2.17. The van der Waals surface area contributed by atoms with E-state index in [1.54, 1.807) is 6.07 Å². The molecule has 1 atom stereocenters. The van der Waals surface area contributed by atoms with Crippen molar-refractivity contribution in [2.45, 2.75) is 75.8 Å². The maximum atomic E-state index is 14.6. The van der Waals surface area contributed by atoms with Gasteiger partial charge in [0.15, 0.2) is 0 Å².